The first kappa shape index (κ1) is 14.8. The number of esters is 1. The molecule has 19 heavy (non-hydrogen) atoms. The fourth-order valence-electron chi connectivity index (χ4n) is 1.28. The molecule has 0 unspecified atom stereocenters. The van der Waals surface area contributed by atoms with Crippen LogP contribution in [0.15, 0.2) is 42.0 Å². The van der Waals surface area contributed by atoms with Crippen LogP contribution in [0.4, 0.5) is 0 Å². The van der Waals surface area contributed by atoms with Crippen molar-refractivity contribution in [2.24, 2.45) is 0 Å². The first-order chi connectivity index (χ1) is 9.10. The van der Waals surface area contributed by atoms with Gasteiger partial charge in [0.2, 0.25) is 0 Å². The molecule has 0 radical (unpaired) electrons. The highest BCUT2D eigenvalue weighted by Crippen LogP contribution is 2.27. The monoisotopic (exact) mass is 277 g/mol. The van der Waals surface area contributed by atoms with E-state index < -0.39 is 5.97 Å². The molecule has 5 heteroatoms. The Kier molecular flexibility index (Phi) is 5.65. The van der Waals surface area contributed by atoms with Crippen molar-refractivity contribution in [1.82, 2.24) is 0 Å². The number of carbonyl (C=O) groups is 1. The molecule has 1 N–H and O–H groups in total. The van der Waals surface area contributed by atoms with Gasteiger partial charge in [-0.2, -0.15) is 5.26 Å². The quantitative estimate of drug-likeness (QED) is 0.397. The Labute approximate surface area is 116 Å². The maximum atomic E-state index is 11.4. The highest BCUT2D eigenvalue weighted by atomic mass is 35.5. The number of aromatic hydroxyl groups is 1. The normalized spacial score (nSPS) is 11.8. The van der Waals surface area contributed by atoms with E-state index in [2.05, 4.69) is 0 Å². The van der Waals surface area contributed by atoms with Gasteiger partial charge in [-0.1, -0.05) is 23.7 Å². The van der Waals surface area contributed by atoms with Crippen LogP contribution in [0.1, 0.15) is 12.5 Å². The van der Waals surface area contributed by atoms with Crippen molar-refractivity contribution in [3.63, 3.8) is 0 Å². The van der Waals surface area contributed by atoms with Gasteiger partial charge in [0.15, 0.2) is 0 Å². The number of allylic oxidation sites excluding steroid dienone is 2. The maximum Gasteiger partial charge on any atom is 0.348 e. The Morgan fingerprint density at radius 2 is 2.16 bits per heavy atom. The molecule has 0 atom stereocenters. The van der Waals surface area contributed by atoms with E-state index >= 15 is 0 Å². The number of phenolic OH excluding ortho intramolecular Hbond substituents is 1. The predicted octanol–water partition coefficient (Wildman–Crippen LogP) is 2.98. The van der Waals surface area contributed by atoms with E-state index in [4.69, 9.17) is 21.6 Å². The number of halogens is 1. The summed E-state index contributed by atoms with van der Waals surface area (Å²) in [4.78, 5) is 11.4. The summed E-state index contributed by atoms with van der Waals surface area (Å²) in [5, 5.41) is 18.6. The molecule has 0 bridgehead atoms. The molecule has 0 saturated heterocycles. The number of hydrogen-bond donors (Lipinski definition) is 1. The Hall–Kier alpha value is -2.25. The molecule has 4 nitrogen and oxygen atoms in total. The van der Waals surface area contributed by atoms with Crippen molar-refractivity contribution in [3.8, 4) is 11.8 Å². The summed E-state index contributed by atoms with van der Waals surface area (Å²) in [7, 11) is 0. The van der Waals surface area contributed by atoms with Crippen LogP contribution in [0.2, 0.25) is 0 Å². The van der Waals surface area contributed by atoms with Crippen LogP contribution in [0, 0.1) is 11.3 Å². The largest absolute Gasteiger partial charge is 0.507 e. The molecular formula is C14H12ClNO3. The van der Waals surface area contributed by atoms with Crippen molar-refractivity contribution < 1.29 is 14.6 Å². The summed E-state index contributed by atoms with van der Waals surface area (Å²) in [5.74, 6) is -0.685. The first-order valence-corrected chi connectivity index (χ1v) is 5.91. The lowest BCUT2D eigenvalue weighted by Gasteiger charge is -2.01. The fourth-order valence-corrected chi connectivity index (χ4v) is 1.50. The topological polar surface area (TPSA) is 70.3 Å². The summed E-state index contributed by atoms with van der Waals surface area (Å²) < 4.78 is 4.71. The standard InChI is InChI=1S/C14H12ClNO3/c1-2-19-14(18)10(9-16)7-8-12(15)11-5-3-4-6-13(11)17/h3-8,17H,2H2,1H3/b10-7-,12-8+. The van der Waals surface area contributed by atoms with Gasteiger partial charge in [0, 0.05) is 5.56 Å². The Morgan fingerprint density at radius 1 is 1.47 bits per heavy atom. The third-order valence-corrected chi connectivity index (χ3v) is 2.50. The highest BCUT2D eigenvalue weighted by molar-refractivity contribution is 6.49. The lowest BCUT2D eigenvalue weighted by molar-refractivity contribution is -0.138. The lowest BCUT2D eigenvalue weighted by atomic mass is 10.1. The number of benzene rings is 1. The molecule has 1 aromatic carbocycles. The molecule has 0 amide bonds. The van der Waals surface area contributed by atoms with Gasteiger partial charge in [-0.15, -0.1) is 0 Å². The van der Waals surface area contributed by atoms with Crippen molar-refractivity contribution in [2.45, 2.75) is 6.92 Å². The molecule has 0 fully saturated rings. The van der Waals surface area contributed by atoms with Crippen LogP contribution >= 0.6 is 11.6 Å². The number of nitriles is 1. The highest BCUT2D eigenvalue weighted by Gasteiger charge is 2.09. The second-order valence-corrected chi connectivity index (χ2v) is 3.85. The van der Waals surface area contributed by atoms with Gasteiger partial charge in [-0.05, 0) is 31.2 Å². The minimum Gasteiger partial charge on any atom is -0.507 e. The summed E-state index contributed by atoms with van der Waals surface area (Å²) in [5.41, 5.74) is 0.261. The van der Waals surface area contributed by atoms with E-state index in [9.17, 15) is 9.90 Å². The molecule has 0 aromatic heterocycles. The molecule has 0 heterocycles. The van der Waals surface area contributed by atoms with Gasteiger partial charge in [0.05, 0.1) is 11.6 Å². The summed E-state index contributed by atoms with van der Waals surface area (Å²) in [6.07, 6.45) is 2.62. The smallest absolute Gasteiger partial charge is 0.348 e. The number of nitrogens with zero attached hydrogens (tertiary/aromatic N) is 1. The van der Waals surface area contributed by atoms with E-state index in [-0.39, 0.29) is 23.0 Å². The number of hydrogen-bond acceptors (Lipinski definition) is 4. The van der Waals surface area contributed by atoms with E-state index in [0.717, 1.165) is 0 Å². The van der Waals surface area contributed by atoms with Crippen molar-refractivity contribution in [2.75, 3.05) is 6.61 Å². The molecule has 0 aliphatic carbocycles. The van der Waals surface area contributed by atoms with Crippen molar-refractivity contribution in [1.29, 1.82) is 5.26 Å². The van der Waals surface area contributed by atoms with Gasteiger partial charge in [-0.3, -0.25) is 0 Å². The second-order valence-electron chi connectivity index (χ2n) is 3.44. The number of carbonyl (C=O) groups excluding carboxylic acids is 1. The fraction of sp³-hybridized carbons (Fsp3) is 0.143. The minimum atomic E-state index is -0.706. The molecule has 0 aliphatic heterocycles. The van der Waals surface area contributed by atoms with Gasteiger partial charge >= 0.3 is 5.97 Å². The van der Waals surface area contributed by atoms with Crippen LogP contribution < -0.4 is 0 Å². The van der Waals surface area contributed by atoms with E-state index in [1.165, 1.54) is 18.2 Å². The minimum absolute atomic E-state index is 0.0202. The third-order valence-electron chi connectivity index (χ3n) is 2.17. The van der Waals surface area contributed by atoms with Gasteiger partial charge in [0.25, 0.3) is 0 Å². The zero-order chi connectivity index (χ0) is 14.3. The Morgan fingerprint density at radius 3 is 2.74 bits per heavy atom. The summed E-state index contributed by atoms with van der Waals surface area (Å²) in [6, 6.07) is 8.22. The van der Waals surface area contributed by atoms with Gasteiger partial charge < -0.3 is 9.84 Å². The second kappa shape index (κ2) is 7.24. The predicted molar refractivity (Wildman–Crippen MR) is 72.3 cm³/mol. The molecule has 0 aliphatic rings. The van der Waals surface area contributed by atoms with Crippen molar-refractivity contribution in [3.05, 3.63) is 47.6 Å². The average molecular weight is 278 g/mol. The van der Waals surface area contributed by atoms with Gasteiger partial charge in [0.1, 0.15) is 17.4 Å². The Balaban J connectivity index is 2.99. The first-order valence-electron chi connectivity index (χ1n) is 5.53. The van der Waals surface area contributed by atoms with Crippen LogP contribution in [0.3, 0.4) is 0 Å². The van der Waals surface area contributed by atoms with Gasteiger partial charge in [-0.25, -0.2) is 4.79 Å². The number of rotatable bonds is 4. The summed E-state index contributed by atoms with van der Waals surface area (Å²) in [6.45, 7) is 1.84. The van der Waals surface area contributed by atoms with Crippen molar-refractivity contribution >= 4 is 22.6 Å². The molecule has 98 valence electrons. The molecule has 1 aromatic rings. The Bertz CT molecular complexity index is 570. The molecular weight excluding hydrogens is 266 g/mol. The van der Waals surface area contributed by atoms with E-state index in [1.54, 1.807) is 31.2 Å². The number of ether oxygens (including phenoxy) is 1. The molecule has 0 saturated carbocycles. The lowest BCUT2D eigenvalue weighted by Crippen LogP contribution is -2.05. The average Bonchev–Trinajstić information content (AvgIpc) is 2.40. The van der Waals surface area contributed by atoms with Crippen LogP contribution in [-0.2, 0) is 9.53 Å². The number of para-hydroxylation sites is 1. The zero-order valence-corrected chi connectivity index (χ0v) is 11.0. The van der Waals surface area contributed by atoms with E-state index in [0.29, 0.717) is 5.56 Å². The zero-order valence-electron chi connectivity index (χ0n) is 10.3. The van der Waals surface area contributed by atoms with E-state index in [1.807, 2.05) is 0 Å². The number of phenols is 1. The van der Waals surface area contributed by atoms with Crippen LogP contribution in [0.25, 0.3) is 5.03 Å². The SMILES string of the molecule is CCOC(=O)/C(C#N)=C\C=C(\Cl)c1ccccc1O. The van der Waals surface area contributed by atoms with Crippen LogP contribution in [0.5, 0.6) is 5.75 Å². The third kappa shape index (κ3) is 4.16. The molecule has 0 spiro atoms. The maximum absolute atomic E-state index is 11.4. The van der Waals surface area contributed by atoms with Crippen LogP contribution in [-0.4, -0.2) is 17.7 Å². The summed E-state index contributed by atoms with van der Waals surface area (Å²) >= 11 is 5.99. The molecule has 1 rings (SSSR count).